The average molecular weight is 493 g/mol. The van der Waals surface area contributed by atoms with Crippen LogP contribution in [0.4, 0.5) is 0 Å². The van der Waals surface area contributed by atoms with E-state index in [1.165, 1.54) is 10.5 Å². The summed E-state index contributed by atoms with van der Waals surface area (Å²) in [4.78, 5) is 27.8. The van der Waals surface area contributed by atoms with E-state index in [4.69, 9.17) is 4.65 Å². The van der Waals surface area contributed by atoms with Crippen LogP contribution in [0.25, 0.3) is 6.08 Å². The number of benzene rings is 1. The lowest BCUT2D eigenvalue weighted by Crippen LogP contribution is -2.46. The molecule has 2 saturated heterocycles. The first kappa shape index (κ1) is 26.7. The fourth-order valence-corrected chi connectivity index (χ4v) is 6.64. The van der Waals surface area contributed by atoms with Crippen molar-refractivity contribution in [3.05, 3.63) is 45.5 Å². The molecule has 1 aliphatic carbocycles. The Morgan fingerprint density at radius 1 is 1.08 bits per heavy atom. The van der Waals surface area contributed by atoms with E-state index in [1.54, 1.807) is 0 Å². The molecule has 2 aliphatic heterocycles. The minimum absolute atomic E-state index is 0.0459. The van der Waals surface area contributed by atoms with Crippen LogP contribution in [0.3, 0.4) is 0 Å². The van der Waals surface area contributed by atoms with E-state index in [1.807, 2.05) is 32.9 Å². The third-order valence-electron chi connectivity index (χ3n) is 8.17. The van der Waals surface area contributed by atoms with Crippen LogP contribution in [0.2, 0.25) is 6.32 Å². The van der Waals surface area contributed by atoms with Crippen LogP contribution < -0.4 is 0 Å². The molecule has 0 aromatic heterocycles. The van der Waals surface area contributed by atoms with Crippen molar-refractivity contribution in [1.29, 1.82) is 0 Å². The second kappa shape index (κ2) is 10.9. The number of allylic oxidation sites excluding steroid dienone is 2. The summed E-state index contributed by atoms with van der Waals surface area (Å²) in [5, 5.41) is 20.8. The van der Waals surface area contributed by atoms with Gasteiger partial charge in [-0.1, -0.05) is 37.5 Å². The Kier molecular flexibility index (Phi) is 8.10. The van der Waals surface area contributed by atoms with Gasteiger partial charge in [-0.2, -0.15) is 0 Å². The van der Waals surface area contributed by atoms with Crippen molar-refractivity contribution in [2.45, 2.75) is 85.6 Å². The number of imide groups is 1. The van der Waals surface area contributed by atoms with Gasteiger partial charge in [0.15, 0.2) is 0 Å². The van der Waals surface area contributed by atoms with Gasteiger partial charge in [0, 0.05) is 6.54 Å². The lowest BCUT2D eigenvalue weighted by molar-refractivity contribution is -0.140. The highest BCUT2D eigenvalue weighted by Crippen LogP contribution is 2.50. The molecule has 4 rings (SSSR count). The molecule has 0 radical (unpaired) electrons. The predicted octanol–water partition coefficient (Wildman–Crippen LogP) is 5.20. The van der Waals surface area contributed by atoms with Crippen LogP contribution in [-0.2, 0) is 14.2 Å². The monoisotopic (exact) mass is 493 g/mol. The number of aryl methyl sites for hydroxylation is 2. The Morgan fingerprint density at radius 2 is 1.78 bits per heavy atom. The number of amides is 2. The van der Waals surface area contributed by atoms with Gasteiger partial charge in [0.2, 0.25) is 11.8 Å². The molecule has 3 aliphatic rings. The van der Waals surface area contributed by atoms with Crippen LogP contribution in [0, 0.1) is 31.6 Å². The van der Waals surface area contributed by atoms with E-state index >= 15 is 0 Å². The summed E-state index contributed by atoms with van der Waals surface area (Å²) in [5.74, 6) is -0.598. The number of aromatic hydroxyl groups is 1. The van der Waals surface area contributed by atoms with Gasteiger partial charge >= 0.3 is 7.12 Å². The summed E-state index contributed by atoms with van der Waals surface area (Å²) in [6.07, 6.45) is 7.19. The summed E-state index contributed by atoms with van der Waals surface area (Å²) in [7, 11) is -0.931. The first-order valence-electron chi connectivity index (χ1n) is 13.5. The molecular formula is C29H40BNO5. The zero-order valence-corrected chi connectivity index (χ0v) is 22.3. The largest absolute Gasteiger partial charge is 0.507 e. The molecule has 4 atom stereocenters. The summed E-state index contributed by atoms with van der Waals surface area (Å²) >= 11 is 0. The van der Waals surface area contributed by atoms with Crippen molar-refractivity contribution >= 4 is 25.0 Å². The van der Waals surface area contributed by atoms with Gasteiger partial charge in [-0.15, -0.1) is 0 Å². The molecule has 0 spiro atoms. The summed E-state index contributed by atoms with van der Waals surface area (Å²) in [6.45, 7) is 10.5. The zero-order chi connectivity index (χ0) is 26.1. The standard InChI is InChI=1S/C29H40BNO5/c1-6-8-20(15-21-12-18(4)27(32)19(5)13-21)9-10-24-25-17(3)14-22-26(23(25)16-30(35)36-24)29(34)31(11-7-2)28(22)33/h12-13,15,22-24,26,32,35H,6-11,14,16H2,1-5H3/b20-15+/t22-,23+,24-,26-/m1/s1. The number of fused-ring (bicyclic) bond motifs is 3. The number of likely N-dealkylation sites (tertiary alicyclic amines) is 1. The highest BCUT2D eigenvalue weighted by Gasteiger charge is 2.56. The topological polar surface area (TPSA) is 87.1 Å². The molecule has 1 aromatic rings. The lowest BCUT2D eigenvalue weighted by atomic mass is 9.58. The molecule has 2 amide bonds. The minimum Gasteiger partial charge on any atom is -0.507 e. The Bertz CT molecular complexity index is 1070. The van der Waals surface area contributed by atoms with Gasteiger partial charge in [-0.25, -0.2) is 0 Å². The lowest BCUT2D eigenvalue weighted by Gasteiger charge is -2.42. The number of rotatable bonds is 8. The second-order valence-electron chi connectivity index (χ2n) is 10.9. The van der Waals surface area contributed by atoms with Crippen LogP contribution in [0.1, 0.15) is 76.0 Å². The molecule has 36 heavy (non-hydrogen) atoms. The Morgan fingerprint density at radius 3 is 2.42 bits per heavy atom. The molecule has 1 aromatic carbocycles. The highest BCUT2D eigenvalue weighted by atomic mass is 16.5. The third kappa shape index (κ3) is 5.05. The predicted molar refractivity (Wildman–Crippen MR) is 142 cm³/mol. The van der Waals surface area contributed by atoms with Gasteiger partial charge in [0.05, 0.1) is 17.9 Å². The zero-order valence-electron chi connectivity index (χ0n) is 22.3. The van der Waals surface area contributed by atoms with Gasteiger partial charge in [0.1, 0.15) is 5.75 Å². The third-order valence-corrected chi connectivity index (χ3v) is 8.17. The number of hydrogen-bond donors (Lipinski definition) is 2. The fourth-order valence-electron chi connectivity index (χ4n) is 6.64. The number of carbonyl (C=O) groups is 2. The van der Waals surface area contributed by atoms with Crippen molar-refractivity contribution in [1.82, 2.24) is 4.90 Å². The first-order chi connectivity index (χ1) is 17.2. The molecule has 2 fully saturated rings. The van der Waals surface area contributed by atoms with Crippen molar-refractivity contribution in [2.75, 3.05) is 6.54 Å². The normalized spacial score (nSPS) is 26.6. The van der Waals surface area contributed by atoms with E-state index < -0.39 is 7.12 Å². The SMILES string of the molecule is CCC/C(=C\c1cc(C)c(O)c(C)c1)CC[C@H]1OB(O)C[C@H]2C1=C(C)C[C@H]1C(=O)N(CCC)C(=O)[C@H]12. The number of phenolic OH excluding ortho intramolecular Hbond substituents is 1. The number of carbonyl (C=O) groups excluding carboxylic acids is 2. The minimum atomic E-state index is -0.931. The van der Waals surface area contributed by atoms with E-state index in [2.05, 4.69) is 19.9 Å². The summed E-state index contributed by atoms with van der Waals surface area (Å²) in [5.41, 5.74) is 6.39. The van der Waals surface area contributed by atoms with Gasteiger partial charge in [-0.3, -0.25) is 14.5 Å². The summed E-state index contributed by atoms with van der Waals surface area (Å²) in [6, 6.07) is 4.02. The van der Waals surface area contributed by atoms with Crippen LogP contribution in [-0.4, -0.2) is 46.6 Å². The average Bonchev–Trinajstić information content (AvgIpc) is 3.05. The van der Waals surface area contributed by atoms with E-state index in [9.17, 15) is 19.7 Å². The molecular weight excluding hydrogens is 453 g/mol. The van der Waals surface area contributed by atoms with E-state index in [0.717, 1.165) is 59.9 Å². The van der Waals surface area contributed by atoms with Crippen LogP contribution >= 0.6 is 0 Å². The van der Waals surface area contributed by atoms with E-state index in [-0.39, 0.29) is 35.7 Å². The summed E-state index contributed by atoms with van der Waals surface area (Å²) < 4.78 is 6.07. The first-order valence-corrected chi connectivity index (χ1v) is 13.5. The quantitative estimate of drug-likeness (QED) is 0.295. The molecule has 7 heteroatoms. The van der Waals surface area contributed by atoms with Crippen LogP contribution in [0.15, 0.2) is 28.9 Å². The molecule has 0 unspecified atom stereocenters. The smallest absolute Gasteiger partial charge is 0.455 e. The number of nitrogens with zero attached hydrogens (tertiary/aromatic N) is 1. The fraction of sp³-hybridized carbons (Fsp3) is 0.586. The Balaban J connectivity index is 1.57. The number of hydrogen-bond acceptors (Lipinski definition) is 5. The maximum absolute atomic E-state index is 13.3. The molecule has 6 nitrogen and oxygen atoms in total. The van der Waals surface area contributed by atoms with Crippen molar-refractivity contribution in [2.24, 2.45) is 17.8 Å². The highest BCUT2D eigenvalue weighted by molar-refractivity contribution is 6.43. The number of phenols is 1. The van der Waals surface area contributed by atoms with Crippen molar-refractivity contribution in [3.63, 3.8) is 0 Å². The van der Waals surface area contributed by atoms with E-state index in [0.29, 0.717) is 25.0 Å². The second-order valence-corrected chi connectivity index (χ2v) is 10.9. The van der Waals surface area contributed by atoms with Gasteiger partial charge in [-0.05, 0) is 99.5 Å². The Labute approximate surface area is 215 Å². The van der Waals surface area contributed by atoms with Crippen LogP contribution in [0.5, 0.6) is 5.75 Å². The van der Waals surface area contributed by atoms with Gasteiger partial charge in [0.25, 0.3) is 0 Å². The van der Waals surface area contributed by atoms with Gasteiger partial charge < -0.3 is 14.8 Å². The molecule has 0 bridgehead atoms. The maximum Gasteiger partial charge on any atom is 0.455 e. The molecule has 194 valence electrons. The van der Waals surface area contributed by atoms with Crippen molar-refractivity contribution < 1.29 is 24.4 Å². The molecule has 0 saturated carbocycles. The Hall–Kier alpha value is -2.38. The molecule has 2 N–H and O–H groups in total. The molecule has 2 heterocycles. The maximum atomic E-state index is 13.3. The van der Waals surface area contributed by atoms with Crippen molar-refractivity contribution in [3.8, 4) is 5.75 Å².